The molecular weight excluding hydrogens is 386 g/mol. The highest BCUT2D eigenvalue weighted by Crippen LogP contribution is 2.21. The Kier molecular flexibility index (Phi) is 8.82. The first-order valence-corrected chi connectivity index (χ1v) is 10.0. The first kappa shape index (κ1) is 22.6. The fourth-order valence-corrected chi connectivity index (χ4v) is 2.63. The lowest BCUT2D eigenvalue weighted by Gasteiger charge is -2.11. The second-order valence-electron chi connectivity index (χ2n) is 6.76. The van der Waals surface area contributed by atoms with E-state index in [2.05, 4.69) is 28.2 Å². The van der Waals surface area contributed by atoms with Gasteiger partial charge in [-0.3, -0.25) is 9.59 Å². The second-order valence-corrected chi connectivity index (χ2v) is 7.13. The number of azo groups is 1. The first-order chi connectivity index (χ1) is 13.9. The lowest BCUT2D eigenvalue weighted by molar-refractivity contribution is -0.121. The number of nitrogens with one attached hydrogen (secondary N) is 1. The number of nitrogens with zero attached hydrogens (tertiary/aromatic N) is 3. The largest absolute Gasteiger partial charge is 0.378 e. The van der Waals surface area contributed by atoms with Crippen LogP contribution < -0.4 is 16.0 Å². The predicted molar refractivity (Wildman–Crippen MR) is 120 cm³/mol. The Morgan fingerprint density at radius 3 is 2.10 bits per heavy atom. The summed E-state index contributed by atoms with van der Waals surface area (Å²) in [5, 5.41) is 11.1. The van der Waals surface area contributed by atoms with Crippen molar-refractivity contribution in [2.24, 2.45) is 16.0 Å². The number of ketones is 1. The molecule has 7 nitrogen and oxygen atoms in total. The second kappa shape index (κ2) is 11.3. The summed E-state index contributed by atoms with van der Waals surface area (Å²) in [6, 6.07) is 14.1. The van der Waals surface area contributed by atoms with Gasteiger partial charge >= 0.3 is 0 Å². The molecule has 1 amide bonds. The molecule has 2 aromatic rings. The number of benzene rings is 2. The molecule has 0 heterocycles. The molecule has 8 heteroatoms. The number of nitrogens with two attached hydrogens (primary N) is 1. The highest BCUT2D eigenvalue weighted by Gasteiger charge is 2.11. The number of carbonyl (C=O) groups excluding carboxylic acids is 2. The van der Waals surface area contributed by atoms with E-state index in [-0.39, 0.29) is 17.4 Å². The molecule has 2 aromatic carbocycles. The molecule has 0 saturated heterocycles. The van der Waals surface area contributed by atoms with Crippen LogP contribution in [0.1, 0.15) is 23.2 Å². The third kappa shape index (κ3) is 7.32. The maximum Gasteiger partial charge on any atom is 0.237 e. The molecule has 0 radical (unpaired) electrons. The first-order valence-electron chi connectivity index (χ1n) is 9.37. The maximum absolute atomic E-state index is 12.2. The summed E-state index contributed by atoms with van der Waals surface area (Å²) in [6.45, 7) is 0.408. The Morgan fingerprint density at radius 1 is 1.03 bits per heavy atom. The van der Waals surface area contributed by atoms with Gasteiger partial charge in [-0.15, -0.1) is 0 Å². The van der Waals surface area contributed by atoms with E-state index in [9.17, 15) is 9.59 Å². The average molecular weight is 414 g/mol. The molecule has 0 saturated carbocycles. The number of amides is 1. The molecule has 1 atom stereocenters. The van der Waals surface area contributed by atoms with E-state index in [1.165, 1.54) is 0 Å². The molecule has 0 aliphatic rings. The summed E-state index contributed by atoms with van der Waals surface area (Å²) in [5.74, 6) is 0.0505. The zero-order valence-corrected chi connectivity index (χ0v) is 17.6. The van der Waals surface area contributed by atoms with E-state index < -0.39 is 6.04 Å². The third-order valence-electron chi connectivity index (χ3n) is 4.25. The number of rotatable bonds is 10. The van der Waals surface area contributed by atoms with Crippen molar-refractivity contribution in [1.29, 1.82) is 0 Å². The fraction of sp³-hybridized carbons (Fsp3) is 0.333. The smallest absolute Gasteiger partial charge is 0.237 e. The van der Waals surface area contributed by atoms with Gasteiger partial charge < -0.3 is 16.0 Å². The van der Waals surface area contributed by atoms with E-state index in [4.69, 9.17) is 5.73 Å². The molecule has 1 unspecified atom stereocenters. The zero-order chi connectivity index (χ0) is 21.2. The average Bonchev–Trinajstić information content (AvgIpc) is 2.74. The molecule has 154 valence electrons. The molecule has 29 heavy (non-hydrogen) atoms. The number of thiol groups is 1. The zero-order valence-electron chi connectivity index (χ0n) is 16.7. The molecule has 0 fully saturated rings. The van der Waals surface area contributed by atoms with Gasteiger partial charge in [0.25, 0.3) is 0 Å². The van der Waals surface area contributed by atoms with Crippen LogP contribution in [0.5, 0.6) is 0 Å². The van der Waals surface area contributed by atoms with Gasteiger partial charge in [-0.1, -0.05) is 0 Å². The summed E-state index contributed by atoms with van der Waals surface area (Å²) in [5.41, 5.74) is 8.70. The van der Waals surface area contributed by atoms with Crippen molar-refractivity contribution in [1.82, 2.24) is 5.32 Å². The van der Waals surface area contributed by atoms with E-state index in [1.54, 1.807) is 24.3 Å². The minimum atomic E-state index is -0.623. The summed E-state index contributed by atoms with van der Waals surface area (Å²) in [6.07, 6.45) is 0.893. The van der Waals surface area contributed by atoms with Gasteiger partial charge in [-0.25, -0.2) is 0 Å². The number of Topliss-reactive ketones (excluding diaryl/α,β-unsaturated/α-hetero) is 1. The Balaban J connectivity index is 1.82. The molecule has 0 spiro atoms. The van der Waals surface area contributed by atoms with Gasteiger partial charge in [0.15, 0.2) is 5.78 Å². The molecule has 0 aliphatic carbocycles. The van der Waals surface area contributed by atoms with Crippen LogP contribution in [-0.2, 0) is 4.79 Å². The fourth-order valence-electron chi connectivity index (χ4n) is 2.47. The van der Waals surface area contributed by atoms with Crippen LogP contribution in [-0.4, -0.2) is 44.1 Å². The van der Waals surface area contributed by atoms with E-state index in [1.807, 2.05) is 43.3 Å². The molecular formula is C21H27N5O2S. The number of hydrogen-bond acceptors (Lipinski definition) is 7. The van der Waals surface area contributed by atoms with Gasteiger partial charge in [-0.05, 0) is 55.0 Å². The Labute approximate surface area is 176 Å². The number of hydrogen-bond donors (Lipinski definition) is 3. The van der Waals surface area contributed by atoms with Crippen molar-refractivity contribution < 1.29 is 9.59 Å². The minimum absolute atomic E-state index is 0.0144. The topological polar surface area (TPSA) is 100 Å². The lowest BCUT2D eigenvalue weighted by atomic mass is 10.1. The SMILES string of the molecule is CN(C)c1ccc(N=Nc2ccc(C(=O)CCCNC(=O)C(N)CS)cc2)cc1. The highest BCUT2D eigenvalue weighted by atomic mass is 32.1. The molecule has 0 aliphatic heterocycles. The van der Waals surface area contributed by atoms with Crippen molar-refractivity contribution in [3.63, 3.8) is 0 Å². The summed E-state index contributed by atoms with van der Waals surface area (Å²) in [7, 11) is 3.96. The van der Waals surface area contributed by atoms with Gasteiger partial charge in [0.2, 0.25) is 5.91 Å². The van der Waals surface area contributed by atoms with Crippen molar-refractivity contribution in [2.45, 2.75) is 18.9 Å². The van der Waals surface area contributed by atoms with Crippen molar-refractivity contribution >= 4 is 41.4 Å². The van der Waals surface area contributed by atoms with Crippen LogP contribution in [0.15, 0.2) is 58.8 Å². The Morgan fingerprint density at radius 2 is 1.59 bits per heavy atom. The molecule has 0 aromatic heterocycles. The lowest BCUT2D eigenvalue weighted by Crippen LogP contribution is -2.42. The van der Waals surface area contributed by atoms with Crippen LogP contribution >= 0.6 is 12.6 Å². The summed E-state index contributed by atoms with van der Waals surface area (Å²) < 4.78 is 0. The van der Waals surface area contributed by atoms with Crippen LogP contribution in [0.25, 0.3) is 0 Å². The van der Waals surface area contributed by atoms with E-state index in [0.717, 1.165) is 11.4 Å². The normalized spacial score (nSPS) is 12.0. The maximum atomic E-state index is 12.2. The Bertz CT molecular complexity index is 835. The quantitative estimate of drug-likeness (QED) is 0.240. The van der Waals surface area contributed by atoms with Gasteiger partial charge in [0.1, 0.15) is 0 Å². The van der Waals surface area contributed by atoms with E-state index >= 15 is 0 Å². The third-order valence-corrected chi connectivity index (χ3v) is 4.64. The predicted octanol–water partition coefficient (Wildman–Crippen LogP) is 3.50. The van der Waals surface area contributed by atoms with Crippen LogP contribution in [0, 0.1) is 0 Å². The molecule has 2 rings (SSSR count). The summed E-state index contributed by atoms with van der Waals surface area (Å²) in [4.78, 5) is 25.8. The van der Waals surface area contributed by atoms with E-state index in [0.29, 0.717) is 30.6 Å². The van der Waals surface area contributed by atoms with Crippen LogP contribution in [0.4, 0.5) is 17.1 Å². The monoisotopic (exact) mass is 413 g/mol. The number of carbonyl (C=O) groups is 2. The van der Waals surface area contributed by atoms with Crippen LogP contribution in [0.3, 0.4) is 0 Å². The van der Waals surface area contributed by atoms with Crippen LogP contribution in [0.2, 0.25) is 0 Å². The van der Waals surface area contributed by atoms with Crippen molar-refractivity contribution in [3.05, 3.63) is 54.1 Å². The minimum Gasteiger partial charge on any atom is -0.378 e. The summed E-state index contributed by atoms with van der Waals surface area (Å²) >= 11 is 3.98. The van der Waals surface area contributed by atoms with Gasteiger partial charge in [-0.2, -0.15) is 22.9 Å². The molecule has 0 bridgehead atoms. The van der Waals surface area contributed by atoms with Gasteiger partial charge in [0, 0.05) is 44.1 Å². The Hall–Kier alpha value is -2.71. The van der Waals surface area contributed by atoms with Crippen molar-refractivity contribution in [3.8, 4) is 0 Å². The molecule has 3 N–H and O–H groups in total. The van der Waals surface area contributed by atoms with Gasteiger partial charge in [0.05, 0.1) is 17.4 Å². The standard InChI is InChI=1S/C21H27N5O2S/c1-26(2)18-11-9-17(10-12-18)25-24-16-7-5-15(6-8-16)20(27)4-3-13-23-21(28)19(22)14-29/h5-12,19,29H,3-4,13-14,22H2,1-2H3,(H,23,28). The highest BCUT2D eigenvalue weighted by molar-refractivity contribution is 7.80. The van der Waals surface area contributed by atoms with Crippen molar-refractivity contribution in [2.75, 3.05) is 31.3 Å². The number of anilines is 1.